The molecule has 1 unspecified atom stereocenters. The smallest absolute Gasteiger partial charge is 0.329 e. The molecule has 1 aromatic carbocycles. The zero-order valence-electron chi connectivity index (χ0n) is 13.2. The summed E-state index contributed by atoms with van der Waals surface area (Å²) in [7, 11) is 1.32. The van der Waals surface area contributed by atoms with E-state index in [0.29, 0.717) is 0 Å². The fourth-order valence-electron chi connectivity index (χ4n) is 1.89. The average Bonchev–Trinajstić information content (AvgIpc) is 2.34. The lowest BCUT2D eigenvalue weighted by Crippen LogP contribution is -2.50. The predicted molar refractivity (Wildman–Crippen MR) is 80.0 cm³/mol. The van der Waals surface area contributed by atoms with Crippen LogP contribution in [0.5, 0.6) is 5.75 Å². The van der Waals surface area contributed by atoms with Crippen LogP contribution in [-0.2, 0) is 14.9 Å². The Bertz CT molecular complexity index is 487. The molecule has 1 rings (SSSR count). The number of carbonyl (C=O) groups excluding carboxylic acids is 1. The van der Waals surface area contributed by atoms with E-state index in [-0.39, 0.29) is 12.0 Å². The van der Waals surface area contributed by atoms with Crippen LogP contribution >= 0.6 is 0 Å². The SMILES string of the molecule is COC(=O)C(C)(N)COc1cc(C)ccc1C(C)(C)C. The van der Waals surface area contributed by atoms with Crippen molar-refractivity contribution < 1.29 is 14.3 Å². The second-order valence-corrected chi connectivity index (χ2v) is 6.45. The molecule has 0 heterocycles. The maximum Gasteiger partial charge on any atom is 0.329 e. The van der Waals surface area contributed by atoms with Gasteiger partial charge in [0, 0.05) is 0 Å². The van der Waals surface area contributed by atoms with E-state index in [1.165, 1.54) is 7.11 Å². The Labute approximate surface area is 121 Å². The third-order valence-corrected chi connectivity index (χ3v) is 3.12. The van der Waals surface area contributed by atoms with Gasteiger partial charge in [0.1, 0.15) is 17.9 Å². The van der Waals surface area contributed by atoms with Crippen LogP contribution in [0.3, 0.4) is 0 Å². The highest BCUT2D eigenvalue weighted by atomic mass is 16.5. The van der Waals surface area contributed by atoms with Gasteiger partial charge in [0.25, 0.3) is 0 Å². The summed E-state index contributed by atoms with van der Waals surface area (Å²) in [6.45, 7) is 10.0. The molecule has 0 fully saturated rings. The lowest BCUT2D eigenvalue weighted by Gasteiger charge is -2.26. The average molecular weight is 279 g/mol. The molecule has 112 valence electrons. The van der Waals surface area contributed by atoms with Gasteiger partial charge in [-0.1, -0.05) is 32.9 Å². The first-order valence-corrected chi connectivity index (χ1v) is 6.69. The molecule has 2 N–H and O–H groups in total. The van der Waals surface area contributed by atoms with Crippen molar-refractivity contribution in [2.24, 2.45) is 5.73 Å². The van der Waals surface area contributed by atoms with Gasteiger partial charge in [0.05, 0.1) is 7.11 Å². The molecule has 0 saturated carbocycles. The molecule has 0 amide bonds. The third kappa shape index (κ3) is 3.97. The van der Waals surface area contributed by atoms with Gasteiger partial charge in [-0.25, -0.2) is 4.79 Å². The van der Waals surface area contributed by atoms with Gasteiger partial charge < -0.3 is 15.2 Å². The first-order chi connectivity index (χ1) is 9.08. The standard InChI is InChI=1S/C16H25NO3/c1-11-7-8-12(15(2,3)4)13(9-11)20-10-16(5,17)14(18)19-6/h7-9H,10,17H2,1-6H3. The van der Waals surface area contributed by atoms with Crippen LogP contribution in [0.4, 0.5) is 0 Å². The number of esters is 1. The van der Waals surface area contributed by atoms with Gasteiger partial charge in [0.2, 0.25) is 0 Å². The van der Waals surface area contributed by atoms with E-state index in [9.17, 15) is 4.79 Å². The molecule has 0 aromatic heterocycles. The molecular weight excluding hydrogens is 254 g/mol. The number of carbonyl (C=O) groups is 1. The van der Waals surface area contributed by atoms with Gasteiger partial charge in [-0.2, -0.15) is 0 Å². The highest BCUT2D eigenvalue weighted by molar-refractivity contribution is 5.80. The summed E-state index contributed by atoms with van der Waals surface area (Å²) in [5.74, 6) is 0.278. The number of ether oxygens (including phenoxy) is 2. The molecule has 0 aliphatic rings. The Morgan fingerprint density at radius 2 is 1.85 bits per heavy atom. The van der Waals surface area contributed by atoms with Crippen molar-refractivity contribution in [2.45, 2.75) is 45.6 Å². The number of benzene rings is 1. The number of nitrogens with two attached hydrogens (primary N) is 1. The molecule has 4 heteroatoms. The molecule has 0 aliphatic carbocycles. The largest absolute Gasteiger partial charge is 0.491 e. The summed E-state index contributed by atoms with van der Waals surface area (Å²) in [5.41, 5.74) is 6.90. The molecule has 0 aliphatic heterocycles. The van der Waals surface area contributed by atoms with Crippen molar-refractivity contribution in [3.8, 4) is 5.75 Å². The first-order valence-electron chi connectivity index (χ1n) is 6.69. The summed E-state index contributed by atoms with van der Waals surface area (Å²) in [6, 6.07) is 6.07. The molecule has 0 bridgehead atoms. The zero-order valence-corrected chi connectivity index (χ0v) is 13.2. The van der Waals surface area contributed by atoms with E-state index in [0.717, 1.165) is 16.9 Å². The molecular formula is C16H25NO3. The van der Waals surface area contributed by atoms with Crippen LogP contribution < -0.4 is 10.5 Å². The maximum atomic E-state index is 11.6. The fourth-order valence-corrected chi connectivity index (χ4v) is 1.89. The number of methoxy groups -OCH3 is 1. The summed E-state index contributed by atoms with van der Waals surface area (Å²) in [6.07, 6.45) is 0. The van der Waals surface area contributed by atoms with Crippen molar-refractivity contribution in [1.29, 1.82) is 0 Å². The van der Waals surface area contributed by atoms with E-state index >= 15 is 0 Å². The number of aryl methyl sites for hydroxylation is 1. The minimum absolute atomic E-state index is 0.0424. The minimum Gasteiger partial charge on any atom is -0.491 e. The van der Waals surface area contributed by atoms with E-state index in [1.54, 1.807) is 6.92 Å². The van der Waals surface area contributed by atoms with Crippen LogP contribution in [-0.4, -0.2) is 25.2 Å². The Morgan fingerprint density at radius 3 is 2.35 bits per heavy atom. The fraction of sp³-hybridized carbons (Fsp3) is 0.562. The molecule has 1 atom stereocenters. The van der Waals surface area contributed by atoms with Gasteiger partial charge >= 0.3 is 5.97 Å². The molecule has 1 aromatic rings. The highest BCUT2D eigenvalue weighted by Gasteiger charge is 2.31. The Balaban J connectivity index is 2.98. The van der Waals surface area contributed by atoms with Crippen molar-refractivity contribution in [3.63, 3.8) is 0 Å². The van der Waals surface area contributed by atoms with E-state index in [4.69, 9.17) is 10.5 Å². The zero-order chi connectivity index (χ0) is 15.6. The van der Waals surface area contributed by atoms with Crippen molar-refractivity contribution in [2.75, 3.05) is 13.7 Å². The molecule has 0 spiro atoms. The molecule has 0 saturated heterocycles. The summed E-state index contributed by atoms with van der Waals surface area (Å²) in [4.78, 5) is 11.6. The van der Waals surface area contributed by atoms with Crippen molar-refractivity contribution in [1.82, 2.24) is 0 Å². The summed E-state index contributed by atoms with van der Waals surface area (Å²) < 4.78 is 10.5. The topological polar surface area (TPSA) is 61.5 Å². The molecule has 20 heavy (non-hydrogen) atoms. The van der Waals surface area contributed by atoms with Crippen molar-refractivity contribution >= 4 is 5.97 Å². The second-order valence-electron chi connectivity index (χ2n) is 6.45. The predicted octanol–water partition coefficient (Wildman–Crippen LogP) is 2.56. The summed E-state index contributed by atoms with van der Waals surface area (Å²) >= 11 is 0. The highest BCUT2D eigenvalue weighted by Crippen LogP contribution is 2.32. The third-order valence-electron chi connectivity index (χ3n) is 3.12. The van der Waals surface area contributed by atoms with Gasteiger partial charge in [0.15, 0.2) is 0 Å². The maximum absolute atomic E-state index is 11.6. The van der Waals surface area contributed by atoms with Gasteiger partial charge in [-0.05, 0) is 36.5 Å². The summed E-state index contributed by atoms with van der Waals surface area (Å²) in [5, 5.41) is 0. The first kappa shape index (κ1) is 16.5. The quantitative estimate of drug-likeness (QED) is 0.860. The Hall–Kier alpha value is -1.55. The van der Waals surface area contributed by atoms with E-state index < -0.39 is 11.5 Å². The van der Waals surface area contributed by atoms with Crippen LogP contribution in [0, 0.1) is 6.92 Å². The molecule has 0 radical (unpaired) electrons. The van der Waals surface area contributed by atoms with Crippen LogP contribution in [0.25, 0.3) is 0 Å². The Morgan fingerprint density at radius 1 is 1.25 bits per heavy atom. The van der Waals surface area contributed by atoms with E-state index in [1.807, 2.05) is 13.0 Å². The molecule has 4 nitrogen and oxygen atoms in total. The van der Waals surface area contributed by atoms with Crippen LogP contribution in [0.15, 0.2) is 18.2 Å². The lowest BCUT2D eigenvalue weighted by molar-refractivity contribution is -0.147. The lowest BCUT2D eigenvalue weighted by atomic mass is 9.86. The number of rotatable bonds is 4. The van der Waals surface area contributed by atoms with Gasteiger partial charge in [-0.3, -0.25) is 0 Å². The number of hydrogen-bond acceptors (Lipinski definition) is 4. The monoisotopic (exact) mass is 279 g/mol. The van der Waals surface area contributed by atoms with E-state index in [2.05, 4.69) is 37.6 Å². The van der Waals surface area contributed by atoms with Crippen molar-refractivity contribution in [3.05, 3.63) is 29.3 Å². The van der Waals surface area contributed by atoms with Crippen LogP contribution in [0.2, 0.25) is 0 Å². The normalized spacial score (nSPS) is 14.6. The van der Waals surface area contributed by atoms with Crippen LogP contribution in [0.1, 0.15) is 38.8 Å². The second kappa shape index (κ2) is 5.83. The Kier molecular flexibility index (Phi) is 4.81. The van der Waals surface area contributed by atoms with Gasteiger partial charge in [-0.15, -0.1) is 0 Å². The minimum atomic E-state index is -1.16. The number of hydrogen-bond donors (Lipinski definition) is 1.